The smallest absolute Gasteiger partial charge is 0.407 e. The minimum atomic E-state index is -0.493. The van der Waals surface area contributed by atoms with E-state index in [9.17, 15) is 9.59 Å². The van der Waals surface area contributed by atoms with E-state index in [-0.39, 0.29) is 12.6 Å². The van der Waals surface area contributed by atoms with E-state index in [1.807, 2.05) is 51.1 Å². The second-order valence-corrected chi connectivity index (χ2v) is 7.42. The second kappa shape index (κ2) is 9.43. The van der Waals surface area contributed by atoms with Gasteiger partial charge in [-0.15, -0.1) is 0 Å². The summed E-state index contributed by atoms with van der Waals surface area (Å²) < 4.78 is 10.4. The number of hydrogen-bond donors (Lipinski definition) is 2. The standard InChI is InChI=1S/C19H29N3O4/c1-19(2,3)26-17(23)20-10-12-22-11-9-16(13-22)21-18(24)25-14-15-7-5-4-6-8-15/h4-8,16H,9-14H2,1-3H3,(H,20,23)(H,21,24)/t16-/m0/s1. The van der Waals surface area contributed by atoms with Crippen LogP contribution in [0.2, 0.25) is 0 Å². The fraction of sp³-hybridized carbons (Fsp3) is 0.579. The van der Waals surface area contributed by atoms with Crippen LogP contribution in [0.25, 0.3) is 0 Å². The predicted octanol–water partition coefficient (Wildman–Crippen LogP) is 2.51. The molecular weight excluding hydrogens is 334 g/mol. The maximum Gasteiger partial charge on any atom is 0.407 e. The number of nitrogens with one attached hydrogen (secondary N) is 2. The Kier molecular flexibility index (Phi) is 7.26. The Morgan fingerprint density at radius 2 is 1.92 bits per heavy atom. The number of nitrogens with zero attached hydrogens (tertiary/aromatic N) is 1. The number of ether oxygens (including phenoxy) is 2. The van der Waals surface area contributed by atoms with Crippen molar-refractivity contribution in [3.8, 4) is 0 Å². The van der Waals surface area contributed by atoms with Gasteiger partial charge in [-0.1, -0.05) is 30.3 Å². The number of hydrogen-bond acceptors (Lipinski definition) is 5. The third kappa shape index (κ3) is 7.74. The molecule has 0 bridgehead atoms. The summed E-state index contributed by atoms with van der Waals surface area (Å²) in [6.45, 7) is 8.62. The molecule has 0 radical (unpaired) electrons. The molecule has 2 N–H and O–H groups in total. The monoisotopic (exact) mass is 363 g/mol. The van der Waals surface area contributed by atoms with E-state index in [0.717, 1.165) is 31.6 Å². The number of benzene rings is 1. The molecule has 26 heavy (non-hydrogen) atoms. The molecule has 0 aliphatic carbocycles. The lowest BCUT2D eigenvalue weighted by Crippen LogP contribution is -2.40. The Morgan fingerprint density at radius 1 is 1.19 bits per heavy atom. The molecule has 144 valence electrons. The van der Waals surface area contributed by atoms with Crippen molar-refractivity contribution in [2.45, 2.75) is 45.4 Å². The fourth-order valence-electron chi connectivity index (χ4n) is 2.72. The van der Waals surface area contributed by atoms with Gasteiger partial charge in [0.1, 0.15) is 12.2 Å². The summed E-state index contributed by atoms with van der Waals surface area (Å²) in [6.07, 6.45) is 0.0656. The molecule has 0 aromatic heterocycles. The van der Waals surface area contributed by atoms with Crippen LogP contribution in [0.3, 0.4) is 0 Å². The van der Waals surface area contributed by atoms with E-state index >= 15 is 0 Å². The Labute approximate surface area is 155 Å². The van der Waals surface area contributed by atoms with Crippen LogP contribution in [-0.2, 0) is 16.1 Å². The fourth-order valence-corrected chi connectivity index (χ4v) is 2.72. The number of rotatable bonds is 6. The van der Waals surface area contributed by atoms with Crippen LogP contribution in [0.5, 0.6) is 0 Å². The second-order valence-electron chi connectivity index (χ2n) is 7.42. The molecule has 1 fully saturated rings. The molecule has 7 heteroatoms. The first-order valence-electron chi connectivity index (χ1n) is 8.98. The molecule has 2 amide bonds. The van der Waals surface area contributed by atoms with Crippen LogP contribution in [0, 0.1) is 0 Å². The van der Waals surface area contributed by atoms with E-state index in [0.29, 0.717) is 6.54 Å². The van der Waals surface area contributed by atoms with E-state index < -0.39 is 17.8 Å². The van der Waals surface area contributed by atoms with Crippen molar-refractivity contribution in [3.05, 3.63) is 35.9 Å². The summed E-state index contributed by atoms with van der Waals surface area (Å²) >= 11 is 0. The Balaban J connectivity index is 1.59. The van der Waals surface area contributed by atoms with Gasteiger partial charge >= 0.3 is 12.2 Å². The third-order valence-corrected chi connectivity index (χ3v) is 3.90. The minimum absolute atomic E-state index is 0.0693. The predicted molar refractivity (Wildman–Crippen MR) is 98.8 cm³/mol. The topological polar surface area (TPSA) is 79.9 Å². The van der Waals surface area contributed by atoms with E-state index in [1.165, 1.54) is 0 Å². The summed E-state index contributed by atoms with van der Waals surface area (Å²) in [5.74, 6) is 0. The number of carbonyl (C=O) groups is 2. The highest BCUT2D eigenvalue weighted by Crippen LogP contribution is 2.10. The van der Waals surface area contributed by atoms with Crippen molar-refractivity contribution >= 4 is 12.2 Å². The van der Waals surface area contributed by atoms with Crippen molar-refractivity contribution in [1.82, 2.24) is 15.5 Å². The molecule has 7 nitrogen and oxygen atoms in total. The molecule has 1 aromatic carbocycles. The zero-order valence-electron chi connectivity index (χ0n) is 15.8. The largest absolute Gasteiger partial charge is 0.445 e. The van der Waals surface area contributed by atoms with E-state index in [4.69, 9.17) is 9.47 Å². The van der Waals surface area contributed by atoms with Gasteiger partial charge < -0.3 is 20.1 Å². The number of amides is 2. The molecule has 1 aromatic rings. The van der Waals surface area contributed by atoms with Crippen molar-refractivity contribution in [1.29, 1.82) is 0 Å². The highest BCUT2D eigenvalue weighted by molar-refractivity contribution is 5.68. The first kappa shape index (κ1) is 20.0. The normalized spacial score (nSPS) is 17.6. The lowest BCUT2D eigenvalue weighted by molar-refractivity contribution is 0.0523. The van der Waals surface area contributed by atoms with Crippen molar-refractivity contribution in [2.75, 3.05) is 26.2 Å². The number of carbonyl (C=O) groups excluding carboxylic acids is 2. The van der Waals surface area contributed by atoms with Crippen LogP contribution in [0.15, 0.2) is 30.3 Å². The Morgan fingerprint density at radius 3 is 2.62 bits per heavy atom. The average molecular weight is 363 g/mol. The maximum absolute atomic E-state index is 11.9. The van der Waals surface area contributed by atoms with Crippen molar-refractivity contribution < 1.29 is 19.1 Å². The summed E-state index contributed by atoms with van der Waals surface area (Å²) in [6, 6.07) is 9.66. The maximum atomic E-state index is 11.9. The molecule has 1 saturated heterocycles. The molecule has 2 rings (SSSR count). The first-order valence-corrected chi connectivity index (χ1v) is 8.98. The lowest BCUT2D eigenvalue weighted by atomic mass is 10.2. The zero-order chi connectivity index (χ0) is 19.0. The van der Waals surface area contributed by atoms with Crippen LogP contribution < -0.4 is 10.6 Å². The molecule has 1 heterocycles. The highest BCUT2D eigenvalue weighted by Gasteiger charge is 2.24. The van der Waals surface area contributed by atoms with Gasteiger partial charge in [0.2, 0.25) is 0 Å². The van der Waals surface area contributed by atoms with Gasteiger partial charge in [-0.25, -0.2) is 9.59 Å². The first-order chi connectivity index (χ1) is 12.3. The van der Waals surface area contributed by atoms with Gasteiger partial charge in [-0.3, -0.25) is 4.90 Å². The molecule has 1 atom stereocenters. The highest BCUT2D eigenvalue weighted by atomic mass is 16.6. The van der Waals surface area contributed by atoms with Gasteiger partial charge in [-0.2, -0.15) is 0 Å². The summed E-state index contributed by atoms with van der Waals surface area (Å²) in [5, 5.41) is 5.64. The van der Waals surface area contributed by atoms with Gasteiger partial charge in [0.05, 0.1) is 0 Å². The van der Waals surface area contributed by atoms with Gasteiger partial charge in [0.15, 0.2) is 0 Å². The number of likely N-dealkylation sites (tertiary alicyclic amines) is 1. The third-order valence-electron chi connectivity index (χ3n) is 3.90. The Bertz CT molecular complexity index is 586. The Hall–Kier alpha value is -2.28. The van der Waals surface area contributed by atoms with Crippen molar-refractivity contribution in [3.63, 3.8) is 0 Å². The minimum Gasteiger partial charge on any atom is -0.445 e. The molecule has 0 unspecified atom stereocenters. The van der Waals surface area contributed by atoms with Gasteiger partial charge in [0, 0.05) is 32.2 Å². The summed E-state index contributed by atoms with van der Waals surface area (Å²) in [5.41, 5.74) is 0.469. The molecule has 1 aliphatic heterocycles. The SMILES string of the molecule is CC(C)(C)OC(=O)NCCN1CC[C@H](NC(=O)OCc2ccccc2)C1. The lowest BCUT2D eigenvalue weighted by Gasteiger charge is -2.21. The average Bonchev–Trinajstić information content (AvgIpc) is 2.99. The zero-order valence-corrected chi connectivity index (χ0v) is 15.8. The van der Waals surface area contributed by atoms with Crippen LogP contribution in [-0.4, -0.2) is 54.9 Å². The summed E-state index contributed by atoms with van der Waals surface area (Å²) in [7, 11) is 0. The van der Waals surface area contributed by atoms with Crippen molar-refractivity contribution in [2.24, 2.45) is 0 Å². The molecule has 0 saturated carbocycles. The quantitative estimate of drug-likeness (QED) is 0.812. The number of alkyl carbamates (subject to hydrolysis) is 2. The van der Waals surface area contributed by atoms with Gasteiger partial charge in [0.25, 0.3) is 0 Å². The van der Waals surface area contributed by atoms with Crippen LogP contribution in [0.4, 0.5) is 9.59 Å². The van der Waals surface area contributed by atoms with Crippen LogP contribution >= 0.6 is 0 Å². The van der Waals surface area contributed by atoms with E-state index in [1.54, 1.807) is 0 Å². The van der Waals surface area contributed by atoms with Gasteiger partial charge in [-0.05, 0) is 32.8 Å². The molecule has 1 aliphatic rings. The molecule has 0 spiro atoms. The molecular formula is C19H29N3O4. The van der Waals surface area contributed by atoms with E-state index in [2.05, 4.69) is 15.5 Å². The van der Waals surface area contributed by atoms with Crippen LogP contribution in [0.1, 0.15) is 32.8 Å². The summed E-state index contributed by atoms with van der Waals surface area (Å²) in [4.78, 5) is 25.7.